The lowest BCUT2D eigenvalue weighted by Crippen LogP contribution is -2.29. The van der Waals surface area contributed by atoms with Crippen LogP contribution in [0.25, 0.3) is 0 Å². The molecule has 0 heterocycles. The van der Waals surface area contributed by atoms with Crippen LogP contribution in [0.5, 0.6) is 0 Å². The molecule has 0 aromatic carbocycles. The van der Waals surface area contributed by atoms with E-state index in [9.17, 15) is 4.79 Å². The maximum absolute atomic E-state index is 11.8. The van der Waals surface area contributed by atoms with E-state index in [1.165, 1.54) is 51.4 Å². The number of hydrogen-bond acceptors (Lipinski definition) is 2. The third-order valence-electron chi connectivity index (χ3n) is 5.93. The van der Waals surface area contributed by atoms with Crippen LogP contribution in [-0.2, 0) is 9.53 Å². The Morgan fingerprint density at radius 2 is 1.59 bits per heavy atom. The standard InChI is InChI=1S/C20H34O2/c1-3-5-6-7-16-8-10-17(11-9-16)18-12-14-19(15-13-18)20(21)22-4-2/h3,5,16-19H,4,6-15H2,1-2H3. The van der Waals surface area contributed by atoms with Gasteiger partial charge in [0.1, 0.15) is 0 Å². The Balaban J connectivity index is 1.67. The van der Waals surface area contributed by atoms with Gasteiger partial charge in [-0.25, -0.2) is 0 Å². The molecule has 0 spiro atoms. The van der Waals surface area contributed by atoms with Gasteiger partial charge in [-0.1, -0.05) is 25.0 Å². The van der Waals surface area contributed by atoms with Crippen molar-refractivity contribution >= 4 is 5.97 Å². The molecule has 0 aromatic heterocycles. The number of rotatable bonds is 6. The molecule has 2 saturated carbocycles. The number of carbonyl (C=O) groups is 1. The average Bonchev–Trinajstić information content (AvgIpc) is 2.56. The number of esters is 1. The minimum Gasteiger partial charge on any atom is -0.466 e. The maximum Gasteiger partial charge on any atom is 0.308 e. The molecule has 0 unspecified atom stereocenters. The smallest absolute Gasteiger partial charge is 0.308 e. The molecule has 2 heteroatoms. The Morgan fingerprint density at radius 3 is 2.14 bits per heavy atom. The van der Waals surface area contributed by atoms with E-state index >= 15 is 0 Å². The van der Waals surface area contributed by atoms with E-state index in [4.69, 9.17) is 4.74 Å². The molecule has 22 heavy (non-hydrogen) atoms. The first-order valence-electron chi connectivity index (χ1n) is 9.52. The van der Waals surface area contributed by atoms with Gasteiger partial charge < -0.3 is 4.74 Å². The van der Waals surface area contributed by atoms with Crippen molar-refractivity contribution < 1.29 is 9.53 Å². The molecule has 0 atom stereocenters. The molecule has 2 aliphatic rings. The predicted molar refractivity (Wildman–Crippen MR) is 91.6 cm³/mol. The number of allylic oxidation sites excluding steroid dienone is 2. The topological polar surface area (TPSA) is 26.3 Å². The van der Waals surface area contributed by atoms with Gasteiger partial charge in [-0.2, -0.15) is 0 Å². The highest BCUT2D eigenvalue weighted by atomic mass is 16.5. The second-order valence-electron chi connectivity index (χ2n) is 7.29. The summed E-state index contributed by atoms with van der Waals surface area (Å²) in [5.41, 5.74) is 0. The Labute approximate surface area is 136 Å². The van der Waals surface area contributed by atoms with E-state index < -0.39 is 0 Å². The first-order valence-corrected chi connectivity index (χ1v) is 9.52. The quantitative estimate of drug-likeness (QED) is 0.477. The van der Waals surface area contributed by atoms with E-state index in [1.54, 1.807) is 0 Å². The van der Waals surface area contributed by atoms with Gasteiger partial charge in [0.15, 0.2) is 0 Å². The van der Waals surface area contributed by atoms with E-state index in [2.05, 4.69) is 19.1 Å². The van der Waals surface area contributed by atoms with Gasteiger partial charge in [0.2, 0.25) is 0 Å². The van der Waals surface area contributed by atoms with Crippen LogP contribution in [0.2, 0.25) is 0 Å². The fourth-order valence-corrected chi connectivity index (χ4v) is 4.53. The molecule has 0 saturated heterocycles. The predicted octanol–water partition coefficient (Wildman–Crippen LogP) is 5.52. The summed E-state index contributed by atoms with van der Waals surface area (Å²) in [4.78, 5) is 11.8. The third-order valence-corrected chi connectivity index (χ3v) is 5.93. The van der Waals surface area contributed by atoms with Crippen molar-refractivity contribution in [1.82, 2.24) is 0 Å². The van der Waals surface area contributed by atoms with E-state index in [0.29, 0.717) is 6.61 Å². The fraction of sp³-hybridized carbons (Fsp3) is 0.850. The summed E-state index contributed by atoms with van der Waals surface area (Å²) in [7, 11) is 0. The van der Waals surface area contributed by atoms with E-state index in [0.717, 1.165) is 30.6 Å². The zero-order valence-electron chi connectivity index (χ0n) is 14.6. The van der Waals surface area contributed by atoms with Crippen molar-refractivity contribution in [3.8, 4) is 0 Å². The van der Waals surface area contributed by atoms with Crippen molar-refractivity contribution in [2.24, 2.45) is 23.7 Å². The molecule has 126 valence electrons. The maximum atomic E-state index is 11.8. The van der Waals surface area contributed by atoms with Crippen molar-refractivity contribution in [1.29, 1.82) is 0 Å². The SMILES string of the molecule is CC=CCCC1CCC(C2CCC(C(=O)OCC)CC2)CC1. The summed E-state index contributed by atoms with van der Waals surface area (Å²) in [6.45, 7) is 4.54. The van der Waals surface area contributed by atoms with E-state index in [1.807, 2.05) is 6.92 Å². The molecule has 0 aromatic rings. The molecule has 0 radical (unpaired) electrons. The number of hydrogen-bond donors (Lipinski definition) is 0. The zero-order chi connectivity index (χ0) is 15.8. The summed E-state index contributed by atoms with van der Waals surface area (Å²) in [5, 5.41) is 0. The fourth-order valence-electron chi connectivity index (χ4n) is 4.53. The molecule has 0 aliphatic heterocycles. The highest BCUT2D eigenvalue weighted by Crippen LogP contribution is 2.42. The average molecular weight is 306 g/mol. The van der Waals surface area contributed by atoms with Crippen molar-refractivity contribution in [2.45, 2.75) is 78.1 Å². The van der Waals surface area contributed by atoms with Crippen molar-refractivity contribution in [3.05, 3.63) is 12.2 Å². The van der Waals surface area contributed by atoms with Crippen LogP contribution in [0.1, 0.15) is 78.1 Å². The highest BCUT2D eigenvalue weighted by molar-refractivity contribution is 5.72. The van der Waals surface area contributed by atoms with Gasteiger partial charge in [0.25, 0.3) is 0 Å². The summed E-state index contributed by atoms with van der Waals surface area (Å²) in [5.74, 6) is 3.01. The third kappa shape index (κ3) is 5.14. The first-order chi connectivity index (χ1) is 10.7. The Hall–Kier alpha value is -0.790. The van der Waals surface area contributed by atoms with Crippen LogP contribution in [0.3, 0.4) is 0 Å². The molecule has 2 fully saturated rings. The number of carbonyl (C=O) groups excluding carboxylic acids is 1. The largest absolute Gasteiger partial charge is 0.466 e. The molecule has 2 aliphatic carbocycles. The first kappa shape index (κ1) is 17.6. The lowest BCUT2D eigenvalue weighted by molar-refractivity contribution is -0.149. The van der Waals surface area contributed by atoms with Crippen LogP contribution in [0, 0.1) is 23.7 Å². The summed E-state index contributed by atoms with van der Waals surface area (Å²) >= 11 is 0. The van der Waals surface area contributed by atoms with Gasteiger partial charge in [0.05, 0.1) is 12.5 Å². The molecule has 0 bridgehead atoms. The molecular formula is C20H34O2. The van der Waals surface area contributed by atoms with Gasteiger partial charge in [0, 0.05) is 0 Å². The van der Waals surface area contributed by atoms with Gasteiger partial charge in [-0.15, -0.1) is 0 Å². The van der Waals surface area contributed by atoms with Gasteiger partial charge in [-0.3, -0.25) is 4.79 Å². The minimum atomic E-state index is 0.0497. The Bertz CT molecular complexity index is 345. The lowest BCUT2D eigenvalue weighted by Gasteiger charge is -2.37. The van der Waals surface area contributed by atoms with Crippen molar-refractivity contribution in [3.63, 3.8) is 0 Å². The van der Waals surface area contributed by atoms with Crippen molar-refractivity contribution in [2.75, 3.05) is 6.61 Å². The molecule has 0 N–H and O–H groups in total. The lowest BCUT2D eigenvalue weighted by atomic mass is 9.68. The van der Waals surface area contributed by atoms with E-state index in [-0.39, 0.29) is 11.9 Å². The minimum absolute atomic E-state index is 0.0497. The van der Waals surface area contributed by atoms with Gasteiger partial charge in [-0.05, 0) is 83.0 Å². The van der Waals surface area contributed by atoms with Gasteiger partial charge >= 0.3 is 5.97 Å². The molecule has 0 amide bonds. The molecule has 2 rings (SSSR count). The number of ether oxygens (including phenoxy) is 1. The highest BCUT2D eigenvalue weighted by Gasteiger charge is 2.33. The van der Waals surface area contributed by atoms with Crippen LogP contribution in [0.4, 0.5) is 0 Å². The molecule has 2 nitrogen and oxygen atoms in total. The Morgan fingerprint density at radius 1 is 1.00 bits per heavy atom. The Kier molecular flexibility index (Phi) is 7.48. The molecular weight excluding hydrogens is 272 g/mol. The van der Waals surface area contributed by atoms with Crippen LogP contribution in [0.15, 0.2) is 12.2 Å². The van der Waals surface area contributed by atoms with Crippen LogP contribution in [-0.4, -0.2) is 12.6 Å². The zero-order valence-corrected chi connectivity index (χ0v) is 14.6. The second kappa shape index (κ2) is 9.37. The van der Waals surface area contributed by atoms with Crippen LogP contribution < -0.4 is 0 Å². The summed E-state index contributed by atoms with van der Waals surface area (Å²) in [6.07, 6.45) is 17.5. The second-order valence-corrected chi connectivity index (χ2v) is 7.29. The normalized spacial score (nSPS) is 33.0. The monoisotopic (exact) mass is 306 g/mol. The summed E-state index contributed by atoms with van der Waals surface area (Å²) in [6, 6.07) is 0. The summed E-state index contributed by atoms with van der Waals surface area (Å²) < 4.78 is 5.18. The van der Waals surface area contributed by atoms with Crippen LogP contribution >= 0.6 is 0 Å².